The maximum atomic E-state index is 12.0. The number of amides is 1. The van der Waals surface area contributed by atoms with Gasteiger partial charge in [0.05, 0.1) is 11.3 Å². The lowest BCUT2D eigenvalue weighted by Gasteiger charge is -2.09. The summed E-state index contributed by atoms with van der Waals surface area (Å²) in [5.41, 5.74) is 1.18. The molecule has 0 radical (unpaired) electrons. The summed E-state index contributed by atoms with van der Waals surface area (Å²) < 4.78 is 0. The average Bonchev–Trinajstić information content (AvgIpc) is 2.36. The topological polar surface area (TPSA) is 69.6 Å². The highest BCUT2D eigenvalue weighted by Gasteiger charge is 2.13. The Bertz CT molecular complexity index is 641. The molecule has 1 amide bonds. The first-order valence-electron chi connectivity index (χ1n) is 5.57. The van der Waals surface area contributed by atoms with Gasteiger partial charge in [-0.25, -0.2) is 0 Å². The number of halogens is 1. The molecule has 98 valence electrons. The van der Waals surface area contributed by atoms with Gasteiger partial charge in [-0.15, -0.1) is 0 Å². The van der Waals surface area contributed by atoms with Gasteiger partial charge < -0.3 is 15.5 Å². The standard InChI is InChI=1S/C14H12ClNO3/c1-8-2-4-12(17)10(6-8)14(19)16-11-7-9(15)3-5-13(11)18/h2-7,17-18H,1H3,(H,16,19). The first-order valence-corrected chi connectivity index (χ1v) is 5.94. The minimum absolute atomic E-state index is 0.0927. The molecule has 2 rings (SSSR count). The minimum Gasteiger partial charge on any atom is -0.507 e. The molecule has 3 N–H and O–H groups in total. The highest BCUT2D eigenvalue weighted by molar-refractivity contribution is 6.31. The molecule has 0 atom stereocenters. The predicted molar refractivity (Wildman–Crippen MR) is 73.9 cm³/mol. The van der Waals surface area contributed by atoms with Crippen molar-refractivity contribution in [2.24, 2.45) is 0 Å². The number of phenols is 2. The van der Waals surface area contributed by atoms with Gasteiger partial charge in [-0.05, 0) is 37.3 Å². The monoisotopic (exact) mass is 277 g/mol. The van der Waals surface area contributed by atoms with E-state index in [0.29, 0.717) is 5.02 Å². The van der Waals surface area contributed by atoms with Crippen LogP contribution in [0.4, 0.5) is 5.69 Å². The van der Waals surface area contributed by atoms with E-state index < -0.39 is 5.91 Å². The number of aromatic hydroxyl groups is 2. The molecule has 0 aliphatic heterocycles. The van der Waals surface area contributed by atoms with Crippen molar-refractivity contribution in [1.29, 1.82) is 0 Å². The molecule has 19 heavy (non-hydrogen) atoms. The molecular weight excluding hydrogens is 266 g/mol. The fourth-order valence-corrected chi connectivity index (χ4v) is 1.80. The number of carbonyl (C=O) groups excluding carboxylic acids is 1. The van der Waals surface area contributed by atoms with Gasteiger partial charge in [0.1, 0.15) is 11.5 Å². The van der Waals surface area contributed by atoms with Gasteiger partial charge in [-0.1, -0.05) is 23.2 Å². The van der Waals surface area contributed by atoms with Gasteiger partial charge in [0.15, 0.2) is 0 Å². The molecule has 5 heteroatoms. The number of anilines is 1. The molecule has 0 aliphatic carbocycles. The third-order valence-electron chi connectivity index (χ3n) is 2.60. The van der Waals surface area contributed by atoms with Crippen molar-refractivity contribution in [1.82, 2.24) is 0 Å². The molecule has 0 unspecified atom stereocenters. The van der Waals surface area contributed by atoms with Crippen LogP contribution in [0.25, 0.3) is 0 Å². The number of rotatable bonds is 2. The molecule has 0 saturated carbocycles. The van der Waals surface area contributed by atoms with Crippen LogP contribution >= 0.6 is 11.6 Å². The van der Waals surface area contributed by atoms with E-state index in [1.807, 2.05) is 6.92 Å². The Labute approximate surface area is 115 Å². The molecule has 2 aromatic carbocycles. The summed E-state index contributed by atoms with van der Waals surface area (Å²) in [6.07, 6.45) is 0. The maximum absolute atomic E-state index is 12.0. The van der Waals surface area contributed by atoms with E-state index in [9.17, 15) is 15.0 Å². The Morgan fingerprint density at radius 1 is 1.11 bits per heavy atom. The number of benzene rings is 2. The van der Waals surface area contributed by atoms with Gasteiger partial charge in [0, 0.05) is 5.02 Å². The molecule has 4 nitrogen and oxygen atoms in total. The zero-order chi connectivity index (χ0) is 14.0. The molecule has 0 aliphatic rings. The van der Waals surface area contributed by atoms with E-state index in [4.69, 9.17) is 11.6 Å². The van der Waals surface area contributed by atoms with E-state index in [1.54, 1.807) is 12.1 Å². The number of hydrogen-bond acceptors (Lipinski definition) is 3. The minimum atomic E-state index is -0.515. The number of phenolic OH excluding ortho intramolecular Hbond substituents is 2. The summed E-state index contributed by atoms with van der Waals surface area (Å²) in [5, 5.41) is 22.2. The molecule has 0 aromatic heterocycles. The number of hydrogen-bond donors (Lipinski definition) is 3. The summed E-state index contributed by atoms with van der Waals surface area (Å²) in [6, 6.07) is 9.03. The van der Waals surface area contributed by atoms with Crippen molar-refractivity contribution in [3.05, 3.63) is 52.5 Å². The van der Waals surface area contributed by atoms with Crippen LogP contribution < -0.4 is 5.32 Å². The first-order chi connectivity index (χ1) is 8.97. The van der Waals surface area contributed by atoms with Crippen LogP contribution in [0.5, 0.6) is 11.5 Å². The van der Waals surface area contributed by atoms with Crippen molar-refractivity contribution < 1.29 is 15.0 Å². The van der Waals surface area contributed by atoms with E-state index in [0.717, 1.165) is 5.56 Å². The Kier molecular flexibility index (Phi) is 3.62. The molecule has 0 heterocycles. The van der Waals surface area contributed by atoms with Crippen LogP contribution in [0.15, 0.2) is 36.4 Å². The summed E-state index contributed by atoms with van der Waals surface area (Å²) in [5.74, 6) is -0.728. The van der Waals surface area contributed by atoms with Gasteiger partial charge >= 0.3 is 0 Å². The van der Waals surface area contributed by atoms with Crippen LogP contribution in [0.3, 0.4) is 0 Å². The van der Waals surface area contributed by atoms with Crippen LogP contribution in [-0.2, 0) is 0 Å². The van der Waals surface area contributed by atoms with Gasteiger partial charge in [-0.3, -0.25) is 4.79 Å². The molecule has 2 aromatic rings. The SMILES string of the molecule is Cc1ccc(O)c(C(=O)Nc2cc(Cl)ccc2O)c1. The first kappa shape index (κ1) is 13.2. The van der Waals surface area contributed by atoms with Crippen LogP contribution in [0.2, 0.25) is 5.02 Å². The van der Waals surface area contributed by atoms with Crippen LogP contribution in [-0.4, -0.2) is 16.1 Å². The van der Waals surface area contributed by atoms with Gasteiger partial charge in [0.2, 0.25) is 0 Å². The zero-order valence-electron chi connectivity index (χ0n) is 10.1. The second-order valence-corrected chi connectivity index (χ2v) is 4.57. The predicted octanol–water partition coefficient (Wildman–Crippen LogP) is 3.31. The Morgan fingerprint density at radius 2 is 1.79 bits per heavy atom. The van der Waals surface area contributed by atoms with E-state index in [1.165, 1.54) is 24.3 Å². The number of aryl methyl sites for hydroxylation is 1. The van der Waals surface area contributed by atoms with Crippen molar-refractivity contribution in [3.8, 4) is 11.5 Å². The maximum Gasteiger partial charge on any atom is 0.259 e. The Balaban J connectivity index is 2.30. The van der Waals surface area contributed by atoms with Crippen molar-refractivity contribution in [3.63, 3.8) is 0 Å². The third-order valence-corrected chi connectivity index (χ3v) is 2.84. The van der Waals surface area contributed by atoms with E-state index >= 15 is 0 Å². The van der Waals surface area contributed by atoms with E-state index in [2.05, 4.69) is 5.32 Å². The molecule has 0 spiro atoms. The van der Waals surface area contributed by atoms with Gasteiger partial charge in [-0.2, -0.15) is 0 Å². The Morgan fingerprint density at radius 3 is 2.53 bits per heavy atom. The number of carbonyl (C=O) groups is 1. The molecule has 0 fully saturated rings. The summed E-state index contributed by atoms with van der Waals surface area (Å²) >= 11 is 5.79. The molecular formula is C14H12ClNO3. The van der Waals surface area contributed by atoms with Crippen molar-refractivity contribution in [2.75, 3.05) is 5.32 Å². The lowest BCUT2D eigenvalue weighted by atomic mass is 10.1. The van der Waals surface area contributed by atoms with E-state index in [-0.39, 0.29) is 22.7 Å². The second-order valence-electron chi connectivity index (χ2n) is 4.14. The fraction of sp³-hybridized carbons (Fsp3) is 0.0714. The summed E-state index contributed by atoms with van der Waals surface area (Å²) in [6.45, 7) is 1.81. The van der Waals surface area contributed by atoms with Crippen molar-refractivity contribution in [2.45, 2.75) is 6.92 Å². The zero-order valence-corrected chi connectivity index (χ0v) is 10.9. The quantitative estimate of drug-likeness (QED) is 0.738. The molecule has 0 saturated heterocycles. The fourth-order valence-electron chi connectivity index (χ4n) is 1.63. The lowest BCUT2D eigenvalue weighted by molar-refractivity contribution is 0.102. The average molecular weight is 278 g/mol. The lowest BCUT2D eigenvalue weighted by Crippen LogP contribution is -2.12. The van der Waals surface area contributed by atoms with Gasteiger partial charge in [0.25, 0.3) is 5.91 Å². The highest BCUT2D eigenvalue weighted by atomic mass is 35.5. The van der Waals surface area contributed by atoms with Crippen LogP contribution in [0, 0.1) is 6.92 Å². The van der Waals surface area contributed by atoms with Crippen LogP contribution in [0.1, 0.15) is 15.9 Å². The second kappa shape index (κ2) is 5.20. The smallest absolute Gasteiger partial charge is 0.259 e. The Hall–Kier alpha value is -2.20. The van der Waals surface area contributed by atoms with Crippen molar-refractivity contribution >= 4 is 23.2 Å². The third kappa shape index (κ3) is 2.98. The summed E-state index contributed by atoms with van der Waals surface area (Å²) in [4.78, 5) is 12.0. The summed E-state index contributed by atoms with van der Waals surface area (Å²) in [7, 11) is 0. The normalized spacial score (nSPS) is 10.2. The number of nitrogens with one attached hydrogen (secondary N) is 1. The molecule has 0 bridgehead atoms. The largest absolute Gasteiger partial charge is 0.507 e. The highest BCUT2D eigenvalue weighted by Crippen LogP contribution is 2.28.